The molecule has 0 aromatic heterocycles. The summed E-state index contributed by atoms with van der Waals surface area (Å²) in [6.07, 6.45) is 9.95. The summed E-state index contributed by atoms with van der Waals surface area (Å²) < 4.78 is 4.89. The molecule has 0 bridgehead atoms. The molecule has 3 nitrogen and oxygen atoms in total. The minimum atomic E-state index is 0.0714. The van der Waals surface area contributed by atoms with Crippen LogP contribution in [0.4, 0.5) is 0 Å². The van der Waals surface area contributed by atoms with Crippen LogP contribution >= 0.6 is 0 Å². The average Bonchev–Trinajstić information content (AvgIpc) is 2.17. The van der Waals surface area contributed by atoms with Crippen molar-refractivity contribution in [2.24, 2.45) is 5.92 Å². The summed E-state index contributed by atoms with van der Waals surface area (Å²) in [6.45, 7) is 1.20. The van der Waals surface area contributed by atoms with Crippen LogP contribution in [0.15, 0.2) is 12.2 Å². The minimum Gasteiger partial charge on any atom is -0.383 e. The minimum absolute atomic E-state index is 0.0714. The lowest BCUT2D eigenvalue weighted by atomic mass is 9.96. The maximum Gasteiger partial charge on any atom is 0.226 e. The molecule has 0 saturated carbocycles. The van der Waals surface area contributed by atoms with Gasteiger partial charge in [-0.3, -0.25) is 4.79 Å². The summed E-state index contributed by atoms with van der Waals surface area (Å²) >= 11 is 0. The van der Waals surface area contributed by atoms with Crippen molar-refractivity contribution >= 4 is 5.91 Å². The first kappa shape index (κ1) is 12.2. The number of allylic oxidation sites excluding steroid dienone is 1. The van der Waals surface area contributed by atoms with Crippen molar-refractivity contribution in [3.05, 3.63) is 12.2 Å². The Balaban J connectivity index is 2.31. The first-order valence-corrected chi connectivity index (χ1v) is 5.78. The number of carbonyl (C=O) groups excluding carboxylic acids is 1. The van der Waals surface area contributed by atoms with Crippen LogP contribution < -0.4 is 5.32 Å². The number of nitrogens with one attached hydrogen (secondary N) is 1. The Hall–Kier alpha value is -0.830. The molecular weight excluding hydrogens is 190 g/mol. The number of hydrogen-bond donors (Lipinski definition) is 1. The van der Waals surface area contributed by atoms with Crippen molar-refractivity contribution in [3.63, 3.8) is 0 Å². The van der Waals surface area contributed by atoms with Crippen LogP contribution in [-0.2, 0) is 9.53 Å². The van der Waals surface area contributed by atoms with E-state index in [1.54, 1.807) is 7.11 Å². The van der Waals surface area contributed by atoms with Gasteiger partial charge in [0.15, 0.2) is 0 Å². The molecule has 0 spiro atoms. The van der Waals surface area contributed by atoms with Crippen LogP contribution in [0, 0.1) is 5.92 Å². The zero-order valence-electron chi connectivity index (χ0n) is 9.50. The van der Waals surface area contributed by atoms with E-state index in [-0.39, 0.29) is 11.8 Å². The maximum absolute atomic E-state index is 11.7. The highest BCUT2D eigenvalue weighted by Crippen LogP contribution is 2.16. The quantitative estimate of drug-likeness (QED) is 0.569. The van der Waals surface area contributed by atoms with E-state index in [0.717, 1.165) is 19.3 Å². The van der Waals surface area contributed by atoms with Gasteiger partial charge in [0.2, 0.25) is 5.91 Å². The van der Waals surface area contributed by atoms with Crippen LogP contribution in [0.2, 0.25) is 0 Å². The van der Waals surface area contributed by atoms with Crippen LogP contribution in [0.3, 0.4) is 0 Å². The summed E-state index contributed by atoms with van der Waals surface area (Å²) in [6, 6.07) is 0. The standard InChI is InChI=1S/C12H21NO2/c1-15-10-9-13-12(14)11-7-5-3-2-4-6-8-11/h5,7,11H,2-4,6,8-10H2,1H3,(H,13,14). The molecule has 1 rings (SSSR count). The van der Waals surface area contributed by atoms with Gasteiger partial charge in [0.1, 0.15) is 0 Å². The molecule has 0 heterocycles. The Morgan fingerprint density at radius 2 is 2.33 bits per heavy atom. The predicted octanol–water partition coefficient (Wildman–Crippen LogP) is 1.89. The second-order valence-electron chi connectivity index (χ2n) is 3.96. The molecule has 15 heavy (non-hydrogen) atoms. The van der Waals surface area contributed by atoms with Gasteiger partial charge < -0.3 is 10.1 Å². The van der Waals surface area contributed by atoms with E-state index >= 15 is 0 Å². The predicted molar refractivity (Wildman–Crippen MR) is 60.6 cm³/mol. The molecule has 0 saturated heterocycles. The first-order valence-electron chi connectivity index (χ1n) is 5.78. The number of methoxy groups -OCH3 is 1. The Morgan fingerprint density at radius 3 is 3.13 bits per heavy atom. The van der Waals surface area contributed by atoms with Crippen LogP contribution in [0.5, 0.6) is 0 Å². The third kappa shape index (κ3) is 4.98. The normalized spacial score (nSPS) is 21.8. The Morgan fingerprint density at radius 1 is 1.47 bits per heavy atom. The van der Waals surface area contributed by atoms with Crippen molar-refractivity contribution in [2.45, 2.75) is 32.1 Å². The van der Waals surface area contributed by atoms with Gasteiger partial charge in [0.25, 0.3) is 0 Å². The van der Waals surface area contributed by atoms with Crippen molar-refractivity contribution < 1.29 is 9.53 Å². The molecule has 86 valence electrons. The van der Waals surface area contributed by atoms with Crippen LogP contribution in [0.25, 0.3) is 0 Å². The lowest BCUT2D eigenvalue weighted by Gasteiger charge is -2.14. The molecule has 1 atom stereocenters. The number of carbonyl (C=O) groups is 1. The van der Waals surface area contributed by atoms with Crippen molar-refractivity contribution in [3.8, 4) is 0 Å². The van der Waals surface area contributed by atoms with Gasteiger partial charge in [0, 0.05) is 13.7 Å². The molecular formula is C12H21NO2. The fraction of sp³-hybridized carbons (Fsp3) is 0.750. The fourth-order valence-corrected chi connectivity index (χ4v) is 1.79. The maximum atomic E-state index is 11.7. The molecule has 0 aliphatic heterocycles. The Kier molecular flexibility index (Phi) is 6.09. The molecule has 0 radical (unpaired) electrons. The third-order valence-corrected chi connectivity index (χ3v) is 2.70. The molecule has 1 amide bonds. The second-order valence-corrected chi connectivity index (χ2v) is 3.96. The van der Waals surface area contributed by atoms with Gasteiger partial charge >= 0.3 is 0 Å². The number of hydrogen-bond acceptors (Lipinski definition) is 2. The highest BCUT2D eigenvalue weighted by molar-refractivity contribution is 5.80. The van der Waals surface area contributed by atoms with Crippen molar-refractivity contribution in [1.82, 2.24) is 5.32 Å². The van der Waals surface area contributed by atoms with Gasteiger partial charge in [-0.05, 0) is 19.3 Å². The number of amides is 1. The summed E-state index contributed by atoms with van der Waals surface area (Å²) in [4.78, 5) is 11.7. The summed E-state index contributed by atoms with van der Waals surface area (Å²) in [7, 11) is 1.64. The fourth-order valence-electron chi connectivity index (χ4n) is 1.79. The topological polar surface area (TPSA) is 38.3 Å². The Labute approximate surface area is 91.9 Å². The summed E-state index contributed by atoms with van der Waals surface area (Å²) in [5.74, 6) is 0.215. The van der Waals surface area contributed by atoms with Crippen molar-refractivity contribution in [1.29, 1.82) is 0 Å². The first-order chi connectivity index (χ1) is 7.34. The monoisotopic (exact) mass is 211 g/mol. The van der Waals surface area contributed by atoms with Crippen LogP contribution in [-0.4, -0.2) is 26.2 Å². The van der Waals surface area contributed by atoms with Gasteiger partial charge in [-0.15, -0.1) is 0 Å². The molecule has 3 heteroatoms. The van der Waals surface area contributed by atoms with E-state index in [0.29, 0.717) is 13.2 Å². The highest BCUT2D eigenvalue weighted by Gasteiger charge is 2.15. The molecule has 1 aliphatic carbocycles. The number of rotatable bonds is 4. The van der Waals surface area contributed by atoms with E-state index in [1.807, 2.05) is 0 Å². The van der Waals surface area contributed by atoms with E-state index in [1.165, 1.54) is 12.8 Å². The van der Waals surface area contributed by atoms with Gasteiger partial charge in [0.05, 0.1) is 12.5 Å². The van der Waals surface area contributed by atoms with Crippen molar-refractivity contribution in [2.75, 3.05) is 20.3 Å². The van der Waals surface area contributed by atoms with E-state index in [9.17, 15) is 4.79 Å². The SMILES string of the molecule is COCCNC(=O)C1C=CCCCCC1. The Bertz CT molecular complexity index is 214. The second kappa shape index (κ2) is 7.46. The van der Waals surface area contributed by atoms with Crippen LogP contribution in [0.1, 0.15) is 32.1 Å². The molecule has 0 aromatic rings. The smallest absolute Gasteiger partial charge is 0.226 e. The van der Waals surface area contributed by atoms with E-state index in [4.69, 9.17) is 4.74 Å². The summed E-state index contributed by atoms with van der Waals surface area (Å²) in [5.41, 5.74) is 0. The molecule has 1 aliphatic rings. The van der Waals surface area contributed by atoms with E-state index in [2.05, 4.69) is 17.5 Å². The van der Waals surface area contributed by atoms with E-state index < -0.39 is 0 Å². The zero-order valence-corrected chi connectivity index (χ0v) is 9.50. The van der Waals surface area contributed by atoms with Gasteiger partial charge in [-0.25, -0.2) is 0 Å². The lowest BCUT2D eigenvalue weighted by molar-refractivity contribution is -0.124. The third-order valence-electron chi connectivity index (χ3n) is 2.70. The molecule has 0 fully saturated rings. The molecule has 1 unspecified atom stereocenters. The summed E-state index contributed by atoms with van der Waals surface area (Å²) in [5, 5.41) is 2.89. The number of ether oxygens (including phenoxy) is 1. The average molecular weight is 211 g/mol. The zero-order chi connectivity index (χ0) is 10.9. The largest absolute Gasteiger partial charge is 0.383 e. The van der Waals surface area contributed by atoms with Gasteiger partial charge in [-0.1, -0.05) is 25.0 Å². The van der Waals surface area contributed by atoms with Gasteiger partial charge in [-0.2, -0.15) is 0 Å². The highest BCUT2D eigenvalue weighted by atomic mass is 16.5. The molecule has 0 aromatic carbocycles. The molecule has 1 N–H and O–H groups in total. The lowest BCUT2D eigenvalue weighted by Crippen LogP contribution is -2.32.